The number of piperidine rings is 1. The predicted molar refractivity (Wildman–Crippen MR) is 98.1 cm³/mol. The average Bonchev–Trinajstić information content (AvgIpc) is 2.95. The number of rotatable bonds is 3. The van der Waals surface area contributed by atoms with Gasteiger partial charge in [-0.3, -0.25) is 4.79 Å². The topological polar surface area (TPSA) is 57.3 Å². The summed E-state index contributed by atoms with van der Waals surface area (Å²) in [5.41, 5.74) is 0.713. The minimum absolute atomic E-state index is 0. The van der Waals surface area contributed by atoms with Crippen LogP contribution in [0, 0.1) is 5.92 Å². The molecule has 23 heavy (non-hydrogen) atoms. The molecule has 0 bridgehead atoms. The third-order valence-electron chi connectivity index (χ3n) is 4.39. The van der Waals surface area contributed by atoms with Crippen molar-refractivity contribution in [3.05, 3.63) is 23.9 Å². The smallest absolute Gasteiger partial charge is 0.251 e. The Morgan fingerprint density at radius 3 is 2.87 bits per heavy atom. The number of halogens is 2. The molecular weight excluding hydrogens is 335 g/mol. The number of nitrogens with zero attached hydrogens (tertiary/aromatic N) is 2. The van der Waals surface area contributed by atoms with Crippen LogP contribution in [-0.2, 0) is 0 Å². The van der Waals surface area contributed by atoms with Crippen LogP contribution in [0.1, 0.15) is 36.5 Å². The van der Waals surface area contributed by atoms with E-state index in [0.29, 0.717) is 11.5 Å². The molecule has 1 aromatic heterocycles. The van der Waals surface area contributed by atoms with Crippen LogP contribution in [0.4, 0.5) is 5.82 Å². The van der Waals surface area contributed by atoms with Gasteiger partial charge in [0.15, 0.2) is 0 Å². The van der Waals surface area contributed by atoms with Crippen LogP contribution in [0.25, 0.3) is 0 Å². The van der Waals surface area contributed by atoms with E-state index in [0.717, 1.165) is 44.8 Å². The van der Waals surface area contributed by atoms with Crippen LogP contribution in [0.3, 0.4) is 0 Å². The van der Waals surface area contributed by atoms with E-state index in [4.69, 9.17) is 0 Å². The summed E-state index contributed by atoms with van der Waals surface area (Å²) >= 11 is 0. The normalized spacial score (nSPS) is 23.6. The molecule has 0 aliphatic carbocycles. The lowest BCUT2D eigenvalue weighted by atomic mass is 10.1. The van der Waals surface area contributed by atoms with Crippen LogP contribution in [0.15, 0.2) is 18.3 Å². The fraction of sp³-hybridized carbons (Fsp3) is 0.625. The lowest BCUT2D eigenvalue weighted by Gasteiger charge is -2.24. The number of amides is 1. The molecule has 130 valence electrons. The highest BCUT2D eigenvalue weighted by Gasteiger charge is 2.21. The molecule has 3 heterocycles. The van der Waals surface area contributed by atoms with Gasteiger partial charge in [-0.1, -0.05) is 6.92 Å². The van der Waals surface area contributed by atoms with Crippen LogP contribution in [0.2, 0.25) is 0 Å². The second-order valence-electron chi connectivity index (χ2n) is 6.26. The van der Waals surface area contributed by atoms with Crippen LogP contribution in [0.5, 0.6) is 0 Å². The largest absolute Gasteiger partial charge is 0.356 e. The summed E-state index contributed by atoms with van der Waals surface area (Å²) < 4.78 is 0. The molecule has 0 radical (unpaired) electrons. The molecule has 0 aromatic carbocycles. The Hall–Kier alpha value is -1.04. The molecular formula is C16H26Cl2N4O. The third-order valence-corrected chi connectivity index (χ3v) is 4.39. The van der Waals surface area contributed by atoms with Gasteiger partial charge in [0.1, 0.15) is 5.82 Å². The van der Waals surface area contributed by atoms with E-state index in [1.165, 1.54) is 6.42 Å². The van der Waals surface area contributed by atoms with Gasteiger partial charge in [0.05, 0.1) is 0 Å². The number of pyridine rings is 1. The van der Waals surface area contributed by atoms with Gasteiger partial charge in [-0.05, 0) is 43.9 Å². The maximum absolute atomic E-state index is 12.4. The second kappa shape index (κ2) is 9.30. The molecule has 5 nitrogen and oxygen atoms in total. The summed E-state index contributed by atoms with van der Waals surface area (Å²) in [6, 6.07) is 3.97. The molecule has 0 saturated carbocycles. The Morgan fingerprint density at radius 1 is 1.39 bits per heavy atom. The van der Waals surface area contributed by atoms with Gasteiger partial charge in [0.2, 0.25) is 0 Å². The van der Waals surface area contributed by atoms with Crippen LogP contribution >= 0.6 is 24.8 Å². The predicted octanol–water partition coefficient (Wildman–Crippen LogP) is 2.25. The van der Waals surface area contributed by atoms with Crippen molar-refractivity contribution in [1.29, 1.82) is 0 Å². The molecule has 1 amide bonds. The minimum atomic E-state index is 0. The summed E-state index contributed by atoms with van der Waals surface area (Å²) in [5.74, 6) is 1.64. The number of carbonyl (C=O) groups is 1. The standard InChI is InChI=1S/C16H24N4O.2ClH/c1-12-5-8-20(11-12)15-9-13(4-7-18-15)16(21)19-14-3-2-6-17-10-14;;/h4,7,9,12,14,17H,2-3,5-6,8,10-11H2,1H3,(H,19,21);2*1H/t12?,14-;;/m0../s1. The van der Waals surface area contributed by atoms with Crippen molar-refractivity contribution in [2.75, 3.05) is 31.1 Å². The molecule has 2 atom stereocenters. The molecule has 1 unspecified atom stereocenters. The summed E-state index contributed by atoms with van der Waals surface area (Å²) in [7, 11) is 0. The number of anilines is 1. The first-order chi connectivity index (χ1) is 10.2. The monoisotopic (exact) mass is 360 g/mol. The third kappa shape index (κ3) is 5.23. The summed E-state index contributed by atoms with van der Waals surface area (Å²) in [6.07, 6.45) is 5.12. The Balaban J connectivity index is 0.00000132. The Labute approximate surface area is 150 Å². The van der Waals surface area contributed by atoms with Crippen LogP contribution < -0.4 is 15.5 Å². The summed E-state index contributed by atoms with van der Waals surface area (Å²) in [6.45, 7) is 6.25. The average molecular weight is 361 g/mol. The fourth-order valence-corrected chi connectivity index (χ4v) is 3.12. The van der Waals surface area contributed by atoms with Gasteiger partial charge in [-0.15, -0.1) is 24.8 Å². The van der Waals surface area contributed by atoms with E-state index in [1.54, 1.807) is 12.3 Å². The molecule has 2 fully saturated rings. The van der Waals surface area contributed by atoms with E-state index >= 15 is 0 Å². The number of hydrogen-bond acceptors (Lipinski definition) is 4. The zero-order valence-corrected chi connectivity index (χ0v) is 15.1. The van der Waals surface area contributed by atoms with Crippen molar-refractivity contribution < 1.29 is 4.79 Å². The first kappa shape index (κ1) is 20.0. The molecule has 3 rings (SSSR count). The van der Waals surface area contributed by atoms with Crippen molar-refractivity contribution in [3.8, 4) is 0 Å². The van der Waals surface area contributed by atoms with Gasteiger partial charge in [-0.25, -0.2) is 4.98 Å². The Kier molecular flexibility index (Phi) is 8.09. The van der Waals surface area contributed by atoms with E-state index in [9.17, 15) is 4.79 Å². The van der Waals surface area contributed by atoms with Gasteiger partial charge < -0.3 is 15.5 Å². The molecule has 2 aliphatic rings. The van der Waals surface area contributed by atoms with E-state index in [-0.39, 0.29) is 36.8 Å². The highest BCUT2D eigenvalue weighted by atomic mass is 35.5. The minimum Gasteiger partial charge on any atom is -0.356 e. The zero-order valence-electron chi connectivity index (χ0n) is 13.5. The van der Waals surface area contributed by atoms with E-state index in [2.05, 4.69) is 27.4 Å². The maximum atomic E-state index is 12.4. The van der Waals surface area contributed by atoms with Crippen LogP contribution in [-0.4, -0.2) is 43.1 Å². The van der Waals surface area contributed by atoms with E-state index in [1.807, 2.05) is 6.07 Å². The van der Waals surface area contributed by atoms with Crippen molar-refractivity contribution in [3.63, 3.8) is 0 Å². The van der Waals surface area contributed by atoms with Crippen molar-refractivity contribution >= 4 is 36.5 Å². The lowest BCUT2D eigenvalue weighted by Crippen LogP contribution is -2.45. The molecule has 2 saturated heterocycles. The first-order valence-corrected chi connectivity index (χ1v) is 7.95. The number of nitrogens with one attached hydrogen (secondary N) is 2. The Morgan fingerprint density at radius 2 is 2.22 bits per heavy atom. The number of carbonyl (C=O) groups excluding carboxylic acids is 1. The molecule has 2 aliphatic heterocycles. The highest BCUT2D eigenvalue weighted by Crippen LogP contribution is 2.22. The molecule has 1 aromatic rings. The van der Waals surface area contributed by atoms with Crippen molar-refractivity contribution in [1.82, 2.24) is 15.6 Å². The fourth-order valence-electron chi connectivity index (χ4n) is 3.12. The number of aromatic nitrogens is 1. The lowest BCUT2D eigenvalue weighted by molar-refractivity contribution is 0.0930. The molecule has 0 spiro atoms. The van der Waals surface area contributed by atoms with Crippen molar-refractivity contribution in [2.45, 2.75) is 32.2 Å². The van der Waals surface area contributed by atoms with Gasteiger partial charge in [0, 0.05) is 37.4 Å². The quantitative estimate of drug-likeness (QED) is 0.867. The molecule has 2 N–H and O–H groups in total. The second-order valence-corrected chi connectivity index (χ2v) is 6.26. The Bertz CT molecular complexity index is 509. The highest BCUT2D eigenvalue weighted by molar-refractivity contribution is 5.95. The van der Waals surface area contributed by atoms with Gasteiger partial charge in [-0.2, -0.15) is 0 Å². The summed E-state index contributed by atoms with van der Waals surface area (Å²) in [5, 5.41) is 6.43. The van der Waals surface area contributed by atoms with Gasteiger partial charge in [0.25, 0.3) is 5.91 Å². The zero-order chi connectivity index (χ0) is 14.7. The van der Waals surface area contributed by atoms with E-state index < -0.39 is 0 Å². The maximum Gasteiger partial charge on any atom is 0.251 e. The molecule has 7 heteroatoms. The van der Waals surface area contributed by atoms with Crippen molar-refractivity contribution in [2.24, 2.45) is 5.92 Å². The first-order valence-electron chi connectivity index (χ1n) is 7.95. The number of hydrogen-bond donors (Lipinski definition) is 2. The summed E-state index contributed by atoms with van der Waals surface area (Å²) in [4.78, 5) is 19.0. The van der Waals surface area contributed by atoms with Gasteiger partial charge >= 0.3 is 0 Å². The SMILES string of the molecule is CC1CCN(c2cc(C(=O)N[C@H]3CCCNC3)ccn2)C1.Cl.Cl.